The van der Waals surface area contributed by atoms with E-state index in [1.807, 2.05) is 0 Å². The van der Waals surface area contributed by atoms with E-state index < -0.39 is 11.7 Å². The number of benzene rings is 2. The molecule has 4 nitrogen and oxygen atoms in total. The number of pyridine rings is 1. The largest absolute Gasteiger partial charge is 0.355 e. The van der Waals surface area contributed by atoms with Crippen molar-refractivity contribution in [1.82, 2.24) is 10.3 Å². The number of rotatable bonds is 1. The van der Waals surface area contributed by atoms with Gasteiger partial charge in [0.05, 0.1) is 11.1 Å². The minimum Gasteiger partial charge on any atom is -0.355 e. The van der Waals surface area contributed by atoms with E-state index in [1.54, 1.807) is 24.3 Å². The maximum Gasteiger partial charge on any atom is 0.254 e. The molecule has 0 saturated heterocycles. The summed E-state index contributed by atoms with van der Waals surface area (Å²) in [5.74, 6) is -1.24. The van der Waals surface area contributed by atoms with Gasteiger partial charge < -0.3 is 10.3 Å². The quantitative estimate of drug-likeness (QED) is 0.666. The molecule has 0 fully saturated rings. The summed E-state index contributed by atoms with van der Waals surface area (Å²) in [6.45, 7) is 0. The second-order valence-corrected chi connectivity index (χ2v) is 4.46. The summed E-state index contributed by atoms with van der Waals surface area (Å²) in [6, 6.07) is 9.45. The van der Waals surface area contributed by atoms with Gasteiger partial charge in [0.15, 0.2) is 5.43 Å². The summed E-state index contributed by atoms with van der Waals surface area (Å²) in [5.41, 5.74) is 0.746. The molecule has 0 aliphatic rings. The molecule has 100 valence electrons. The molecule has 0 spiro atoms. The molecule has 3 rings (SSSR count). The van der Waals surface area contributed by atoms with Gasteiger partial charge in [-0.3, -0.25) is 9.59 Å². The van der Waals surface area contributed by atoms with Crippen LogP contribution in [0, 0.1) is 5.82 Å². The maximum atomic E-state index is 13.9. The molecule has 5 heteroatoms. The van der Waals surface area contributed by atoms with Gasteiger partial charge in [-0.25, -0.2) is 4.39 Å². The number of carbonyl (C=O) groups excluding carboxylic acids is 1. The van der Waals surface area contributed by atoms with Crippen LogP contribution in [0.25, 0.3) is 21.8 Å². The number of hydrogen-bond donors (Lipinski definition) is 2. The molecule has 3 aromatic rings. The van der Waals surface area contributed by atoms with Gasteiger partial charge in [0.1, 0.15) is 5.82 Å². The van der Waals surface area contributed by atoms with Crippen molar-refractivity contribution in [3.8, 4) is 0 Å². The molecule has 1 heterocycles. The summed E-state index contributed by atoms with van der Waals surface area (Å²) < 4.78 is 13.9. The monoisotopic (exact) mass is 270 g/mol. The summed E-state index contributed by atoms with van der Waals surface area (Å²) in [4.78, 5) is 26.9. The standard InChI is InChI=1S/C15H11FN2O2/c1-17-15(20)9-7-13-10(6-11(9)16)14(19)8-4-2-3-5-12(8)18-13/h2-7H,1H3,(H,17,20)(H,18,19). The maximum absolute atomic E-state index is 13.9. The van der Waals surface area contributed by atoms with E-state index in [-0.39, 0.29) is 16.4 Å². The van der Waals surface area contributed by atoms with Gasteiger partial charge >= 0.3 is 0 Å². The van der Waals surface area contributed by atoms with Crippen LogP contribution in [0.5, 0.6) is 0 Å². The lowest BCUT2D eigenvalue weighted by Crippen LogP contribution is -2.19. The number of para-hydroxylation sites is 1. The van der Waals surface area contributed by atoms with Crippen molar-refractivity contribution in [3.63, 3.8) is 0 Å². The highest BCUT2D eigenvalue weighted by molar-refractivity contribution is 6.00. The molecule has 0 atom stereocenters. The summed E-state index contributed by atoms with van der Waals surface area (Å²) in [7, 11) is 1.43. The van der Waals surface area contributed by atoms with Crippen LogP contribution in [0.4, 0.5) is 4.39 Å². The zero-order valence-corrected chi connectivity index (χ0v) is 10.7. The van der Waals surface area contributed by atoms with E-state index in [4.69, 9.17) is 0 Å². The average Bonchev–Trinajstić information content (AvgIpc) is 2.47. The van der Waals surface area contributed by atoms with Crippen molar-refractivity contribution in [3.05, 3.63) is 58.0 Å². The summed E-state index contributed by atoms with van der Waals surface area (Å²) >= 11 is 0. The normalized spacial score (nSPS) is 10.9. The topological polar surface area (TPSA) is 62.0 Å². The van der Waals surface area contributed by atoms with Gasteiger partial charge in [-0.15, -0.1) is 0 Å². The van der Waals surface area contributed by atoms with Gasteiger partial charge in [-0.2, -0.15) is 0 Å². The predicted octanol–water partition coefficient (Wildman–Crippen LogP) is 2.18. The van der Waals surface area contributed by atoms with Crippen LogP contribution in [0.15, 0.2) is 41.2 Å². The number of aromatic nitrogens is 1. The Bertz CT molecular complexity index is 899. The zero-order valence-electron chi connectivity index (χ0n) is 10.7. The van der Waals surface area contributed by atoms with Crippen LogP contribution in [0.1, 0.15) is 10.4 Å². The Morgan fingerprint density at radius 2 is 1.90 bits per heavy atom. The third kappa shape index (κ3) is 1.75. The fourth-order valence-corrected chi connectivity index (χ4v) is 2.25. The highest BCUT2D eigenvalue weighted by Crippen LogP contribution is 2.18. The van der Waals surface area contributed by atoms with Crippen molar-refractivity contribution in [2.75, 3.05) is 7.05 Å². The van der Waals surface area contributed by atoms with Gasteiger partial charge in [0.2, 0.25) is 0 Å². The molecule has 0 bridgehead atoms. The fourth-order valence-electron chi connectivity index (χ4n) is 2.25. The highest BCUT2D eigenvalue weighted by Gasteiger charge is 2.14. The molecule has 20 heavy (non-hydrogen) atoms. The first-order chi connectivity index (χ1) is 9.61. The molecule has 2 aromatic carbocycles. The minimum absolute atomic E-state index is 0.0917. The molecule has 0 unspecified atom stereocenters. The summed E-state index contributed by atoms with van der Waals surface area (Å²) in [6.07, 6.45) is 0. The Morgan fingerprint density at radius 1 is 1.15 bits per heavy atom. The van der Waals surface area contributed by atoms with Crippen LogP contribution >= 0.6 is 0 Å². The molecule has 0 aliphatic carbocycles. The fraction of sp³-hybridized carbons (Fsp3) is 0.0667. The molecule has 1 amide bonds. The van der Waals surface area contributed by atoms with E-state index in [1.165, 1.54) is 13.1 Å². The van der Waals surface area contributed by atoms with Crippen molar-refractivity contribution in [2.45, 2.75) is 0 Å². The molecule has 0 aliphatic heterocycles. The van der Waals surface area contributed by atoms with Gasteiger partial charge in [-0.05, 0) is 24.3 Å². The Morgan fingerprint density at radius 3 is 2.65 bits per heavy atom. The third-order valence-electron chi connectivity index (χ3n) is 3.26. The van der Waals surface area contributed by atoms with E-state index in [0.29, 0.717) is 16.4 Å². The lowest BCUT2D eigenvalue weighted by molar-refractivity contribution is 0.0959. The molecule has 0 saturated carbocycles. The first kappa shape index (κ1) is 12.3. The van der Waals surface area contributed by atoms with Crippen molar-refractivity contribution in [1.29, 1.82) is 0 Å². The Balaban J connectivity index is 2.44. The van der Waals surface area contributed by atoms with Crippen molar-refractivity contribution >= 4 is 27.7 Å². The minimum atomic E-state index is -0.711. The van der Waals surface area contributed by atoms with Crippen molar-refractivity contribution < 1.29 is 9.18 Å². The smallest absolute Gasteiger partial charge is 0.254 e. The third-order valence-corrected chi connectivity index (χ3v) is 3.26. The number of carbonyl (C=O) groups is 1. The average molecular weight is 270 g/mol. The Hall–Kier alpha value is -2.69. The molecule has 2 N–H and O–H groups in total. The predicted molar refractivity (Wildman–Crippen MR) is 75.4 cm³/mol. The van der Waals surface area contributed by atoms with Crippen LogP contribution in [-0.2, 0) is 0 Å². The van der Waals surface area contributed by atoms with E-state index in [2.05, 4.69) is 10.3 Å². The number of fused-ring (bicyclic) bond motifs is 2. The second kappa shape index (κ2) is 4.45. The zero-order chi connectivity index (χ0) is 14.3. The molecular weight excluding hydrogens is 259 g/mol. The number of halogens is 1. The first-order valence-electron chi connectivity index (χ1n) is 6.08. The van der Waals surface area contributed by atoms with E-state index in [0.717, 1.165) is 6.07 Å². The van der Waals surface area contributed by atoms with Gasteiger partial charge in [0, 0.05) is 23.3 Å². The Labute approximate surface area is 113 Å². The van der Waals surface area contributed by atoms with Crippen molar-refractivity contribution in [2.24, 2.45) is 0 Å². The van der Waals surface area contributed by atoms with E-state index >= 15 is 0 Å². The molecular formula is C15H11FN2O2. The van der Waals surface area contributed by atoms with E-state index in [9.17, 15) is 14.0 Å². The van der Waals surface area contributed by atoms with Crippen LogP contribution in [0.2, 0.25) is 0 Å². The van der Waals surface area contributed by atoms with Crippen LogP contribution < -0.4 is 10.7 Å². The number of H-pyrrole nitrogens is 1. The van der Waals surface area contributed by atoms with Gasteiger partial charge in [0.25, 0.3) is 5.91 Å². The summed E-state index contributed by atoms with van der Waals surface area (Å²) in [5, 5.41) is 3.09. The SMILES string of the molecule is CNC(=O)c1cc2[nH]c3ccccc3c(=O)c2cc1F. The molecule has 0 radical (unpaired) electrons. The number of nitrogens with one attached hydrogen (secondary N) is 2. The number of aromatic amines is 1. The van der Waals surface area contributed by atoms with Crippen LogP contribution in [-0.4, -0.2) is 17.9 Å². The highest BCUT2D eigenvalue weighted by atomic mass is 19.1. The van der Waals surface area contributed by atoms with Gasteiger partial charge in [-0.1, -0.05) is 12.1 Å². The Kier molecular flexibility index (Phi) is 2.75. The second-order valence-electron chi connectivity index (χ2n) is 4.46. The number of amides is 1. The van der Waals surface area contributed by atoms with Crippen LogP contribution in [0.3, 0.4) is 0 Å². The lowest BCUT2D eigenvalue weighted by Gasteiger charge is -2.06. The molecule has 1 aromatic heterocycles. The number of hydrogen-bond acceptors (Lipinski definition) is 2. The lowest BCUT2D eigenvalue weighted by atomic mass is 10.1. The first-order valence-corrected chi connectivity index (χ1v) is 6.08.